The van der Waals surface area contributed by atoms with Gasteiger partial charge in [0.05, 0.1) is 6.67 Å². The van der Waals surface area contributed by atoms with Gasteiger partial charge in [0.15, 0.2) is 0 Å². The summed E-state index contributed by atoms with van der Waals surface area (Å²) in [5.74, 6) is 0. The van der Waals surface area contributed by atoms with E-state index in [1.54, 1.807) is 11.1 Å². The second-order valence-corrected chi connectivity index (χ2v) is 5.44. The molecule has 0 spiro atoms. The van der Waals surface area contributed by atoms with Crippen LogP contribution >= 0.6 is 19.1 Å². The van der Waals surface area contributed by atoms with Crippen LogP contribution in [0.25, 0.3) is 0 Å². The zero-order valence-electron chi connectivity index (χ0n) is 8.55. The minimum atomic E-state index is -2.43. The Labute approximate surface area is 115 Å². The van der Waals surface area contributed by atoms with Gasteiger partial charge in [-0.2, -0.15) is 8.78 Å². The summed E-state index contributed by atoms with van der Waals surface area (Å²) in [6.07, 6.45) is 3.05. The van der Waals surface area contributed by atoms with E-state index in [1.165, 1.54) is 6.20 Å². The fourth-order valence-electron chi connectivity index (χ4n) is 1.35. The monoisotopic (exact) mass is 372 g/mol. The summed E-state index contributed by atoms with van der Waals surface area (Å²) in [5.41, 5.74) is 0.923. The van der Waals surface area contributed by atoms with Crippen LogP contribution < -0.4 is 4.90 Å². The molecule has 98 valence electrons. The molecule has 1 heterocycles. The van der Waals surface area contributed by atoms with Crippen molar-refractivity contribution in [2.24, 2.45) is 0 Å². The van der Waals surface area contributed by atoms with Crippen molar-refractivity contribution in [2.75, 3.05) is 11.6 Å². The molecule has 1 aromatic carbocycles. The molecular formula is C10H10Cl2F2N2Pd. The van der Waals surface area contributed by atoms with Crippen LogP contribution in [0, 0.1) is 0 Å². The quantitative estimate of drug-likeness (QED) is 0.574. The van der Waals surface area contributed by atoms with Gasteiger partial charge in [0.25, 0.3) is 0 Å². The number of nitrogens with zero attached hydrogens (tertiary/aromatic N) is 2. The van der Waals surface area contributed by atoms with E-state index in [0.717, 1.165) is 10.6 Å². The molecular weight excluding hydrogens is 363 g/mol. The standard InChI is InChI=1S/C10H10F2N2.2ClH.Pd/c11-10(12)14-7-6-13(8-14)9-4-2-1-3-5-9;;;/h1-7,10H,8H2;2*1H;/q;;;+2/p-2. The van der Waals surface area contributed by atoms with Crippen LogP contribution in [-0.2, 0) is 15.9 Å². The average Bonchev–Trinajstić information content (AvgIpc) is 2.80. The number of halogens is 4. The van der Waals surface area contributed by atoms with Crippen LogP contribution in [-0.4, -0.2) is 18.1 Å². The topological polar surface area (TPSA) is 6.48 Å². The van der Waals surface area contributed by atoms with Gasteiger partial charge in [-0.05, 0) is 12.1 Å². The Kier molecular flexibility index (Phi) is 6.83. The predicted octanol–water partition coefficient (Wildman–Crippen LogP) is 3.84. The number of benzene rings is 1. The molecule has 0 N–H and O–H groups in total. The first kappa shape index (κ1) is 14.7. The predicted molar refractivity (Wildman–Crippen MR) is 62.5 cm³/mol. The third kappa shape index (κ3) is 4.81. The summed E-state index contributed by atoms with van der Waals surface area (Å²) in [6, 6.07) is 9.44. The van der Waals surface area contributed by atoms with Crippen molar-refractivity contribution in [2.45, 2.75) is 6.55 Å². The second kappa shape index (κ2) is 7.89. The average molecular weight is 374 g/mol. The van der Waals surface area contributed by atoms with Gasteiger partial charge in [0.1, 0.15) is 0 Å². The van der Waals surface area contributed by atoms with E-state index in [9.17, 15) is 8.78 Å². The molecule has 0 bridgehead atoms. The molecule has 2 rings (SSSR count). The zero-order valence-corrected chi connectivity index (χ0v) is 11.6. The summed E-state index contributed by atoms with van der Waals surface area (Å²) in [6.45, 7) is -2.22. The molecule has 17 heavy (non-hydrogen) atoms. The molecule has 0 fully saturated rings. The van der Waals surface area contributed by atoms with E-state index in [4.69, 9.17) is 19.1 Å². The molecule has 7 heteroatoms. The number of anilines is 1. The van der Waals surface area contributed by atoms with Crippen molar-refractivity contribution in [3.8, 4) is 0 Å². The molecule has 0 saturated carbocycles. The number of hydrogen-bond donors (Lipinski definition) is 0. The summed E-state index contributed by atoms with van der Waals surface area (Å²) >= 11 is -0.106. The molecule has 0 aromatic heterocycles. The molecule has 0 amide bonds. The van der Waals surface area contributed by atoms with Crippen LogP contribution in [0.4, 0.5) is 14.5 Å². The first-order valence-electron chi connectivity index (χ1n) is 4.55. The van der Waals surface area contributed by atoms with E-state index < -0.39 is 6.55 Å². The second-order valence-electron chi connectivity index (χ2n) is 3.08. The van der Waals surface area contributed by atoms with Gasteiger partial charge in [-0.15, -0.1) is 0 Å². The molecule has 0 atom stereocenters. The van der Waals surface area contributed by atoms with Crippen molar-refractivity contribution < 1.29 is 24.7 Å². The summed E-state index contributed by atoms with van der Waals surface area (Å²) in [7, 11) is 9.63. The maximum atomic E-state index is 12.3. The molecule has 2 nitrogen and oxygen atoms in total. The van der Waals surface area contributed by atoms with Crippen molar-refractivity contribution in [3.63, 3.8) is 0 Å². The Bertz CT molecular complexity index is 351. The van der Waals surface area contributed by atoms with Crippen molar-refractivity contribution >= 4 is 24.7 Å². The summed E-state index contributed by atoms with van der Waals surface area (Å²) in [4.78, 5) is 2.75. The van der Waals surface area contributed by atoms with Gasteiger partial charge in [-0.3, -0.25) is 0 Å². The third-order valence-electron chi connectivity index (χ3n) is 2.09. The van der Waals surface area contributed by atoms with Crippen molar-refractivity contribution in [1.29, 1.82) is 0 Å². The van der Waals surface area contributed by atoms with E-state index >= 15 is 0 Å². The summed E-state index contributed by atoms with van der Waals surface area (Å²) in [5, 5.41) is 0. The van der Waals surface area contributed by atoms with Crippen LogP contribution in [0.5, 0.6) is 0 Å². The third-order valence-corrected chi connectivity index (χ3v) is 2.09. The van der Waals surface area contributed by atoms with Gasteiger partial charge in [-0.25, -0.2) is 0 Å². The first-order valence-corrected chi connectivity index (χ1v) is 8.55. The van der Waals surface area contributed by atoms with Crippen LogP contribution in [0.3, 0.4) is 0 Å². The number of para-hydroxylation sites is 1. The van der Waals surface area contributed by atoms with Gasteiger partial charge in [0, 0.05) is 18.1 Å². The maximum absolute atomic E-state index is 12.3. The Balaban J connectivity index is 0.000000437. The van der Waals surface area contributed by atoms with E-state index in [1.807, 2.05) is 30.3 Å². The number of rotatable bonds is 2. The van der Waals surface area contributed by atoms with Gasteiger partial charge in [-0.1, -0.05) is 18.2 Å². The molecule has 0 radical (unpaired) electrons. The number of hydrogen-bond acceptors (Lipinski definition) is 2. The fourth-order valence-corrected chi connectivity index (χ4v) is 1.35. The fraction of sp³-hybridized carbons (Fsp3) is 0.200. The molecule has 0 aliphatic carbocycles. The minimum absolute atomic E-state index is 0.106. The SMILES string of the molecule is FC(F)N1C=CN(c2ccccc2)C1.[Cl][Pd][Cl]. The first-order chi connectivity index (χ1) is 8.19. The van der Waals surface area contributed by atoms with E-state index in [2.05, 4.69) is 0 Å². The Morgan fingerprint density at radius 3 is 2.18 bits per heavy atom. The molecule has 1 aromatic rings. The van der Waals surface area contributed by atoms with Gasteiger partial charge < -0.3 is 9.80 Å². The Morgan fingerprint density at radius 1 is 1.12 bits per heavy atom. The Morgan fingerprint density at radius 2 is 1.71 bits per heavy atom. The van der Waals surface area contributed by atoms with Gasteiger partial charge in [0.2, 0.25) is 0 Å². The molecule has 1 aliphatic heterocycles. The van der Waals surface area contributed by atoms with Crippen LogP contribution in [0.2, 0.25) is 0 Å². The zero-order chi connectivity index (χ0) is 12.7. The number of alkyl halides is 2. The van der Waals surface area contributed by atoms with Crippen molar-refractivity contribution in [1.82, 2.24) is 4.90 Å². The molecule has 0 saturated heterocycles. The van der Waals surface area contributed by atoms with Crippen LogP contribution in [0.15, 0.2) is 42.7 Å². The van der Waals surface area contributed by atoms with Gasteiger partial charge >= 0.3 is 41.5 Å². The van der Waals surface area contributed by atoms with Crippen LogP contribution in [0.1, 0.15) is 0 Å². The molecule has 1 aliphatic rings. The van der Waals surface area contributed by atoms with E-state index in [-0.39, 0.29) is 22.6 Å². The van der Waals surface area contributed by atoms with E-state index in [0.29, 0.717) is 0 Å². The molecule has 0 unspecified atom stereocenters. The normalized spacial score (nSPS) is 14.2. The van der Waals surface area contributed by atoms with Crippen molar-refractivity contribution in [3.05, 3.63) is 42.7 Å². The Hall–Kier alpha value is -0.338. The summed E-state index contributed by atoms with van der Waals surface area (Å²) < 4.78 is 24.6.